The van der Waals surface area contributed by atoms with Gasteiger partial charge in [-0.15, -0.1) is 0 Å². The molecule has 0 aromatic heterocycles. The smallest absolute Gasteiger partial charge is 0.220 e. The van der Waals surface area contributed by atoms with Crippen LogP contribution in [-0.2, 0) is 23.7 Å². The Kier molecular flexibility index (Phi) is 64.0. The number of amides is 1. The zero-order valence-electron chi connectivity index (χ0n) is 63.5. The van der Waals surface area contributed by atoms with Gasteiger partial charge in [0.25, 0.3) is 0 Å². The third kappa shape index (κ3) is 51.3. The van der Waals surface area contributed by atoms with E-state index in [1.807, 2.05) is 6.08 Å². The first kappa shape index (κ1) is 92.5. The van der Waals surface area contributed by atoms with E-state index in [1.165, 1.54) is 276 Å². The first-order valence-electron chi connectivity index (χ1n) is 41.7. The van der Waals surface area contributed by atoms with Gasteiger partial charge in [0.15, 0.2) is 12.6 Å². The van der Waals surface area contributed by atoms with Crippen LogP contribution >= 0.6 is 0 Å². The van der Waals surface area contributed by atoms with Gasteiger partial charge in [0, 0.05) is 6.42 Å². The topological polar surface area (TPSA) is 228 Å². The summed E-state index contributed by atoms with van der Waals surface area (Å²) in [6.45, 7) is 2.73. The summed E-state index contributed by atoms with van der Waals surface area (Å²) in [5, 5.41) is 87.7. The highest BCUT2D eigenvalue weighted by molar-refractivity contribution is 5.76. The van der Waals surface area contributed by atoms with E-state index >= 15 is 0 Å². The minimum atomic E-state index is -1.79. The molecule has 0 aliphatic carbocycles. The van der Waals surface area contributed by atoms with Crippen LogP contribution in [0.15, 0.2) is 72.9 Å². The van der Waals surface area contributed by atoms with E-state index < -0.39 is 86.8 Å². The van der Waals surface area contributed by atoms with Crippen molar-refractivity contribution in [2.45, 2.75) is 441 Å². The van der Waals surface area contributed by atoms with E-state index in [0.29, 0.717) is 12.8 Å². The summed E-state index contributed by atoms with van der Waals surface area (Å²) in [7, 11) is 0. The molecule has 0 saturated carbocycles. The Hall–Kier alpha value is -2.57. The molecule has 578 valence electrons. The van der Waals surface area contributed by atoms with Gasteiger partial charge in [0.1, 0.15) is 48.8 Å². The SMILES string of the molecule is CC/C=C\C/C=C\C/C=C\C/C=C\CCCCCCCCCCCCCCCCCCCCCCCCCCC(=O)NC(COC1OC(CO)C(OC2OC(CO)C(O)C(O)C2O)C(O)C1O)C(O)/C=C/CC/C=C/CCCCCCCCCCCCCCCCCCCCCCCC. The van der Waals surface area contributed by atoms with Crippen molar-refractivity contribution in [1.82, 2.24) is 5.32 Å². The quantitative estimate of drug-likeness (QED) is 0.0204. The molecule has 2 rings (SSSR count). The Labute approximate surface area is 606 Å². The van der Waals surface area contributed by atoms with E-state index in [-0.39, 0.29) is 18.9 Å². The number of rotatable bonds is 70. The maximum absolute atomic E-state index is 13.4. The lowest BCUT2D eigenvalue weighted by Gasteiger charge is -2.46. The summed E-state index contributed by atoms with van der Waals surface area (Å²) in [6.07, 6.45) is 78.6. The number of hydrogen-bond acceptors (Lipinski definition) is 13. The molecule has 0 aromatic carbocycles. The monoisotopic (exact) mass is 1400 g/mol. The first-order valence-corrected chi connectivity index (χ1v) is 41.7. The molecule has 0 bridgehead atoms. The molecule has 14 nitrogen and oxygen atoms in total. The molecule has 2 heterocycles. The molecule has 1 amide bonds. The summed E-state index contributed by atoms with van der Waals surface area (Å²) in [4.78, 5) is 13.4. The van der Waals surface area contributed by atoms with Crippen LogP contribution in [0, 0.1) is 0 Å². The second-order valence-corrected chi connectivity index (χ2v) is 29.2. The number of allylic oxidation sites excluding steroid dienone is 11. The average Bonchev–Trinajstić information content (AvgIpc) is 0.793. The number of hydrogen-bond donors (Lipinski definition) is 9. The molecule has 2 fully saturated rings. The molecule has 14 heteroatoms. The molecule has 2 aliphatic heterocycles. The molecule has 0 spiro atoms. The van der Waals surface area contributed by atoms with Gasteiger partial charge in [-0.25, -0.2) is 0 Å². The summed E-state index contributed by atoms with van der Waals surface area (Å²) in [5.74, 6) is -0.243. The number of carbonyl (C=O) groups excluding carboxylic acids is 1. The molecule has 2 aliphatic rings. The third-order valence-electron chi connectivity index (χ3n) is 20.1. The highest BCUT2D eigenvalue weighted by Crippen LogP contribution is 2.30. The Bertz CT molecular complexity index is 1940. The van der Waals surface area contributed by atoms with E-state index in [2.05, 4.69) is 79.9 Å². The minimum Gasteiger partial charge on any atom is -0.394 e. The molecule has 12 atom stereocenters. The van der Waals surface area contributed by atoms with Gasteiger partial charge in [-0.1, -0.05) is 363 Å². The first-order chi connectivity index (χ1) is 48.6. The largest absolute Gasteiger partial charge is 0.394 e. The summed E-state index contributed by atoms with van der Waals surface area (Å²) in [5.41, 5.74) is 0. The molecule has 0 aromatic rings. The molecule has 9 N–H and O–H groups in total. The molecule has 0 radical (unpaired) electrons. The number of nitrogens with one attached hydrogen (secondary N) is 1. The van der Waals surface area contributed by atoms with E-state index in [4.69, 9.17) is 18.9 Å². The minimum absolute atomic E-state index is 0.243. The highest BCUT2D eigenvalue weighted by atomic mass is 16.7. The number of unbranched alkanes of at least 4 members (excludes halogenated alkanes) is 47. The zero-order valence-corrected chi connectivity index (χ0v) is 63.5. The van der Waals surface area contributed by atoms with Gasteiger partial charge in [0.2, 0.25) is 5.91 Å². The predicted octanol–water partition coefficient (Wildman–Crippen LogP) is 19.3. The number of aliphatic hydroxyl groups is 8. The Morgan fingerprint density at radius 1 is 0.374 bits per heavy atom. The maximum Gasteiger partial charge on any atom is 0.220 e. The maximum atomic E-state index is 13.4. The van der Waals surface area contributed by atoms with Gasteiger partial charge in [0.05, 0.1) is 32.0 Å². The third-order valence-corrected chi connectivity index (χ3v) is 20.1. The molecule has 12 unspecified atom stereocenters. The van der Waals surface area contributed by atoms with Crippen molar-refractivity contribution < 1.29 is 64.6 Å². The van der Waals surface area contributed by atoms with Crippen molar-refractivity contribution in [2.75, 3.05) is 19.8 Å². The van der Waals surface area contributed by atoms with Crippen molar-refractivity contribution in [3.8, 4) is 0 Å². The fourth-order valence-electron chi connectivity index (χ4n) is 13.6. The number of carbonyl (C=O) groups is 1. The Balaban J connectivity index is 1.60. The second kappa shape index (κ2) is 68.5. The van der Waals surface area contributed by atoms with Crippen molar-refractivity contribution >= 4 is 5.91 Å². The number of aliphatic hydroxyl groups excluding tert-OH is 8. The molecule has 2 saturated heterocycles. The predicted molar refractivity (Wildman–Crippen MR) is 410 cm³/mol. The summed E-state index contributed by atoms with van der Waals surface area (Å²) < 4.78 is 22.9. The van der Waals surface area contributed by atoms with Gasteiger partial charge in [-0.3, -0.25) is 4.79 Å². The van der Waals surface area contributed by atoms with E-state index in [0.717, 1.165) is 57.8 Å². The van der Waals surface area contributed by atoms with Crippen LogP contribution in [0.25, 0.3) is 0 Å². The van der Waals surface area contributed by atoms with E-state index in [9.17, 15) is 45.6 Å². The summed E-state index contributed by atoms with van der Waals surface area (Å²) >= 11 is 0. The van der Waals surface area contributed by atoms with Crippen LogP contribution in [0.3, 0.4) is 0 Å². The molecular weight excluding hydrogens is 1240 g/mol. The van der Waals surface area contributed by atoms with Crippen molar-refractivity contribution in [3.63, 3.8) is 0 Å². The van der Waals surface area contributed by atoms with Gasteiger partial charge < -0.3 is 65.1 Å². The lowest BCUT2D eigenvalue weighted by Crippen LogP contribution is -2.65. The van der Waals surface area contributed by atoms with Crippen LogP contribution in [0.2, 0.25) is 0 Å². The fraction of sp³-hybridized carbons (Fsp3) is 0.847. The van der Waals surface area contributed by atoms with Crippen LogP contribution in [-0.4, -0.2) is 140 Å². The van der Waals surface area contributed by atoms with Gasteiger partial charge in [-0.05, 0) is 70.6 Å². The van der Waals surface area contributed by atoms with E-state index in [1.54, 1.807) is 6.08 Å². The van der Waals surface area contributed by atoms with Crippen LogP contribution in [0.1, 0.15) is 367 Å². The lowest BCUT2D eigenvalue weighted by atomic mass is 9.97. The Morgan fingerprint density at radius 2 is 0.707 bits per heavy atom. The van der Waals surface area contributed by atoms with Crippen LogP contribution in [0.4, 0.5) is 0 Å². The normalized spacial score (nSPS) is 22.3. The Morgan fingerprint density at radius 3 is 1.11 bits per heavy atom. The van der Waals surface area contributed by atoms with Crippen molar-refractivity contribution in [3.05, 3.63) is 72.9 Å². The van der Waals surface area contributed by atoms with Crippen LogP contribution < -0.4 is 5.32 Å². The van der Waals surface area contributed by atoms with Crippen molar-refractivity contribution in [2.24, 2.45) is 0 Å². The van der Waals surface area contributed by atoms with Gasteiger partial charge >= 0.3 is 0 Å². The highest BCUT2D eigenvalue weighted by Gasteiger charge is 2.51. The van der Waals surface area contributed by atoms with Crippen molar-refractivity contribution in [1.29, 1.82) is 0 Å². The van der Waals surface area contributed by atoms with Gasteiger partial charge in [-0.2, -0.15) is 0 Å². The number of ether oxygens (including phenoxy) is 4. The summed E-state index contributed by atoms with van der Waals surface area (Å²) in [6, 6.07) is -0.934. The fourth-order valence-corrected chi connectivity index (χ4v) is 13.6. The molecule has 99 heavy (non-hydrogen) atoms. The second-order valence-electron chi connectivity index (χ2n) is 29.2. The molecular formula is C85H155NO13. The standard InChI is InChI=1S/C85H155NO13/c1-3-5-7-9-11-13-15-17-19-21-23-25-27-29-31-33-34-35-36-37-38-39-40-41-43-45-47-49-51-53-55-57-59-61-63-65-67-69-77(90)86-73(72-96-84-82(95)80(93)83(76(71-88)98-84)99-85-81(94)79(92)78(91)75(70-87)97-85)74(89)68-66-64-62-60-58-56-54-52-50-48-46-44-42-32-30-28-26-24-22-20-18-16-14-12-10-8-6-4-2/h5,7,11,13,17,19,23,25,58,60,66,68,73-76,78-85,87-89,91-95H,3-4,6,8-10,12,14-16,18,20-22,24,26-57,59,61-65,67,69-72H2,1-2H3,(H,86,90)/b7-5-,13-11-,19-17-,25-23-,60-58+,68-66+. The zero-order chi connectivity index (χ0) is 71.5. The average molecular weight is 1400 g/mol. The van der Waals surface area contributed by atoms with Crippen LogP contribution in [0.5, 0.6) is 0 Å². The lowest BCUT2D eigenvalue weighted by molar-refractivity contribution is -0.359.